The van der Waals surface area contributed by atoms with Crippen LogP contribution in [0.4, 0.5) is 5.82 Å². The molecule has 128 valence electrons. The van der Waals surface area contributed by atoms with Crippen LogP contribution in [0.1, 0.15) is 32.6 Å². The van der Waals surface area contributed by atoms with Crippen LogP contribution in [0.2, 0.25) is 0 Å². The number of hydrogen-bond donors (Lipinski definition) is 3. The van der Waals surface area contributed by atoms with Gasteiger partial charge in [-0.1, -0.05) is 32.3 Å². The van der Waals surface area contributed by atoms with Crippen molar-refractivity contribution in [3.8, 4) is 5.88 Å². The van der Waals surface area contributed by atoms with Gasteiger partial charge in [-0.2, -0.15) is 4.98 Å². The molecule has 0 aliphatic rings. The second kappa shape index (κ2) is 10.4. The van der Waals surface area contributed by atoms with Crippen LogP contribution < -0.4 is 15.6 Å². The second-order valence-electron chi connectivity index (χ2n) is 5.10. The maximum absolute atomic E-state index is 12.2. The minimum Gasteiger partial charge on any atom is -0.481 e. The van der Waals surface area contributed by atoms with Gasteiger partial charge < -0.3 is 4.74 Å². The normalized spacial score (nSPS) is 11.4. The minimum atomic E-state index is -0.505. The highest BCUT2D eigenvalue weighted by Gasteiger charge is 2.20. The average Bonchev–Trinajstić information content (AvgIpc) is 2.58. The molecule has 23 heavy (non-hydrogen) atoms. The van der Waals surface area contributed by atoms with E-state index in [1.165, 1.54) is 7.11 Å². The van der Waals surface area contributed by atoms with Crippen LogP contribution in [0.15, 0.2) is 18.2 Å². The standard InChI is InChI=1S/C15H24N4O4/c1-3-4-5-7-12(10-19(22)11-20)15(21)18-17-13-8-6-9-14(16-13)23-2/h6,8-9,11-12,22H,3-5,7,10H2,1-2H3,(H,16,17)(H,18,21)/t12-/m0/s1. The van der Waals surface area contributed by atoms with E-state index in [4.69, 9.17) is 4.74 Å². The van der Waals surface area contributed by atoms with Crippen molar-refractivity contribution in [2.75, 3.05) is 19.1 Å². The lowest BCUT2D eigenvalue weighted by Crippen LogP contribution is -2.40. The number of rotatable bonds is 11. The van der Waals surface area contributed by atoms with Crippen molar-refractivity contribution in [2.45, 2.75) is 32.6 Å². The molecule has 0 aromatic carbocycles. The number of ether oxygens (including phenoxy) is 1. The molecule has 0 spiro atoms. The molecule has 0 unspecified atom stereocenters. The van der Waals surface area contributed by atoms with Crippen LogP contribution in [0.25, 0.3) is 0 Å². The Hall–Kier alpha value is -2.35. The van der Waals surface area contributed by atoms with Crippen LogP contribution in [-0.4, -0.2) is 41.2 Å². The summed E-state index contributed by atoms with van der Waals surface area (Å²) in [4.78, 5) is 26.9. The minimum absolute atomic E-state index is 0.0493. The first-order valence-corrected chi connectivity index (χ1v) is 7.58. The van der Waals surface area contributed by atoms with Crippen LogP contribution >= 0.6 is 0 Å². The Bertz CT molecular complexity index is 498. The molecule has 3 N–H and O–H groups in total. The number of nitrogens with one attached hydrogen (secondary N) is 2. The molecule has 0 saturated heterocycles. The second-order valence-corrected chi connectivity index (χ2v) is 5.10. The molecule has 1 aromatic rings. The van der Waals surface area contributed by atoms with Gasteiger partial charge in [0.25, 0.3) is 0 Å². The summed E-state index contributed by atoms with van der Waals surface area (Å²) in [6.45, 7) is 2.02. The van der Waals surface area contributed by atoms with E-state index in [2.05, 4.69) is 22.8 Å². The number of methoxy groups -OCH3 is 1. The molecular weight excluding hydrogens is 300 g/mol. The number of pyridine rings is 1. The van der Waals surface area contributed by atoms with Gasteiger partial charge in [-0.15, -0.1) is 0 Å². The summed E-state index contributed by atoms with van der Waals surface area (Å²) < 4.78 is 5.00. The molecule has 0 radical (unpaired) electrons. The van der Waals surface area contributed by atoms with Crippen molar-refractivity contribution in [1.29, 1.82) is 0 Å². The number of aromatic nitrogens is 1. The number of hydrogen-bond acceptors (Lipinski definition) is 6. The van der Waals surface area contributed by atoms with Crippen molar-refractivity contribution in [1.82, 2.24) is 15.5 Å². The molecule has 8 nitrogen and oxygen atoms in total. The van der Waals surface area contributed by atoms with Gasteiger partial charge >= 0.3 is 0 Å². The van der Waals surface area contributed by atoms with E-state index in [9.17, 15) is 14.8 Å². The fourth-order valence-electron chi connectivity index (χ4n) is 2.04. The van der Waals surface area contributed by atoms with Crippen molar-refractivity contribution in [2.24, 2.45) is 5.92 Å². The smallest absolute Gasteiger partial charge is 0.243 e. The van der Waals surface area contributed by atoms with E-state index in [0.717, 1.165) is 19.3 Å². The monoisotopic (exact) mass is 324 g/mol. The molecular formula is C15H24N4O4. The quantitative estimate of drug-likeness (QED) is 0.247. The van der Waals surface area contributed by atoms with Crippen LogP contribution in [-0.2, 0) is 9.59 Å². The predicted octanol–water partition coefficient (Wildman–Crippen LogP) is 1.58. The van der Waals surface area contributed by atoms with E-state index in [0.29, 0.717) is 23.2 Å². The number of anilines is 1. The SMILES string of the molecule is CCCCC[C@@H](CN(O)C=O)C(=O)NNc1cccc(OC)n1. The Kier molecular flexibility index (Phi) is 8.45. The van der Waals surface area contributed by atoms with Crippen molar-refractivity contribution in [3.05, 3.63) is 18.2 Å². The van der Waals surface area contributed by atoms with Gasteiger partial charge in [-0.25, -0.2) is 5.06 Å². The largest absolute Gasteiger partial charge is 0.481 e. The Morgan fingerprint density at radius 3 is 2.91 bits per heavy atom. The van der Waals surface area contributed by atoms with Crippen molar-refractivity contribution in [3.63, 3.8) is 0 Å². The van der Waals surface area contributed by atoms with E-state index >= 15 is 0 Å². The topological polar surface area (TPSA) is 104 Å². The zero-order valence-electron chi connectivity index (χ0n) is 13.5. The number of carbonyl (C=O) groups excluding carboxylic acids is 2. The van der Waals surface area contributed by atoms with Gasteiger partial charge in [0.15, 0.2) is 0 Å². The van der Waals surface area contributed by atoms with Gasteiger partial charge in [-0.05, 0) is 12.5 Å². The highest BCUT2D eigenvalue weighted by atomic mass is 16.5. The van der Waals surface area contributed by atoms with Crippen molar-refractivity contribution < 1.29 is 19.5 Å². The third-order valence-corrected chi connectivity index (χ3v) is 3.30. The number of carbonyl (C=O) groups is 2. The molecule has 1 aromatic heterocycles. The summed E-state index contributed by atoms with van der Waals surface area (Å²) in [6.07, 6.45) is 3.73. The molecule has 0 bridgehead atoms. The molecule has 8 heteroatoms. The first-order chi connectivity index (χ1) is 11.1. The maximum Gasteiger partial charge on any atom is 0.243 e. The average molecular weight is 324 g/mol. The summed E-state index contributed by atoms with van der Waals surface area (Å²) in [7, 11) is 1.50. The highest BCUT2D eigenvalue weighted by molar-refractivity contribution is 5.80. The maximum atomic E-state index is 12.2. The zero-order valence-corrected chi connectivity index (χ0v) is 13.5. The molecule has 0 aliphatic carbocycles. The van der Waals surface area contributed by atoms with Gasteiger partial charge in [0.05, 0.1) is 19.6 Å². The highest BCUT2D eigenvalue weighted by Crippen LogP contribution is 2.13. The van der Waals surface area contributed by atoms with E-state index in [1.54, 1.807) is 18.2 Å². The number of amides is 2. The Labute approximate surface area is 135 Å². The molecule has 1 rings (SSSR count). The lowest BCUT2D eigenvalue weighted by atomic mass is 10.0. The van der Waals surface area contributed by atoms with Crippen LogP contribution in [0, 0.1) is 5.92 Å². The number of nitrogens with zero attached hydrogens (tertiary/aromatic N) is 2. The van der Waals surface area contributed by atoms with Gasteiger partial charge in [-0.3, -0.25) is 25.6 Å². The van der Waals surface area contributed by atoms with E-state index < -0.39 is 5.92 Å². The number of hydrazine groups is 1. The summed E-state index contributed by atoms with van der Waals surface area (Å²) in [5, 5.41) is 9.81. The molecule has 0 fully saturated rings. The summed E-state index contributed by atoms with van der Waals surface area (Å²) in [6, 6.07) is 5.10. The van der Waals surface area contributed by atoms with E-state index in [-0.39, 0.29) is 18.9 Å². The van der Waals surface area contributed by atoms with Gasteiger partial charge in [0.1, 0.15) is 5.82 Å². The fourth-order valence-corrected chi connectivity index (χ4v) is 2.04. The van der Waals surface area contributed by atoms with E-state index in [1.807, 2.05) is 0 Å². The lowest BCUT2D eigenvalue weighted by Gasteiger charge is -2.19. The Morgan fingerprint density at radius 2 is 2.26 bits per heavy atom. The molecule has 1 atom stereocenters. The third-order valence-electron chi connectivity index (χ3n) is 3.30. The first-order valence-electron chi connectivity index (χ1n) is 7.58. The van der Waals surface area contributed by atoms with Crippen molar-refractivity contribution >= 4 is 18.1 Å². The Morgan fingerprint density at radius 1 is 1.48 bits per heavy atom. The first kappa shape index (κ1) is 18.7. The van der Waals surface area contributed by atoms with Gasteiger partial charge in [0.2, 0.25) is 18.2 Å². The fraction of sp³-hybridized carbons (Fsp3) is 0.533. The zero-order chi connectivity index (χ0) is 17.1. The van der Waals surface area contributed by atoms with Crippen LogP contribution in [0.3, 0.4) is 0 Å². The number of unbranched alkanes of at least 4 members (excludes halogenated alkanes) is 2. The van der Waals surface area contributed by atoms with Crippen LogP contribution in [0.5, 0.6) is 5.88 Å². The molecule has 1 heterocycles. The van der Waals surface area contributed by atoms with Gasteiger partial charge in [0, 0.05) is 6.07 Å². The lowest BCUT2D eigenvalue weighted by molar-refractivity contribution is -0.154. The third kappa shape index (κ3) is 6.96. The summed E-state index contributed by atoms with van der Waals surface area (Å²) in [5.41, 5.74) is 5.25. The molecule has 0 aliphatic heterocycles. The molecule has 0 saturated carbocycles. The molecule has 2 amide bonds. The number of hydroxylamine groups is 2. The predicted molar refractivity (Wildman–Crippen MR) is 84.7 cm³/mol. The summed E-state index contributed by atoms with van der Waals surface area (Å²) >= 11 is 0. The summed E-state index contributed by atoms with van der Waals surface area (Å²) in [5.74, 6) is 0.0361. The Balaban J connectivity index is 2.58.